The van der Waals surface area contributed by atoms with Crippen LogP contribution in [0.15, 0.2) is 48.5 Å². The van der Waals surface area contributed by atoms with Gasteiger partial charge >= 0.3 is 12.6 Å². The van der Waals surface area contributed by atoms with E-state index in [-0.39, 0.29) is 22.9 Å². The Hall–Kier alpha value is -3.49. The number of alkyl halides is 2. The first-order chi connectivity index (χ1) is 12.8. The maximum Gasteiger partial charge on any atom is 0.387 e. The Morgan fingerprint density at radius 3 is 2.30 bits per heavy atom. The Kier molecular flexibility index (Phi) is 6.81. The molecule has 0 saturated carbocycles. The average Bonchev–Trinajstić information content (AvgIpc) is 2.61. The molecule has 27 heavy (non-hydrogen) atoms. The predicted octanol–water partition coefficient (Wildman–Crippen LogP) is 3.04. The molecule has 0 atom stereocenters. The van der Waals surface area contributed by atoms with E-state index in [1.807, 2.05) is 0 Å². The van der Waals surface area contributed by atoms with Gasteiger partial charge in [0, 0.05) is 12.6 Å². The summed E-state index contributed by atoms with van der Waals surface area (Å²) in [6.07, 6.45) is 0. The highest BCUT2D eigenvalue weighted by molar-refractivity contribution is 5.96. The number of para-hydroxylation sites is 2. The van der Waals surface area contributed by atoms with Crippen molar-refractivity contribution in [2.75, 3.05) is 17.2 Å². The smallest absolute Gasteiger partial charge is 0.387 e. The van der Waals surface area contributed by atoms with E-state index in [9.17, 15) is 23.2 Å². The van der Waals surface area contributed by atoms with Crippen molar-refractivity contribution in [2.24, 2.45) is 0 Å². The number of carbonyl (C=O) groups excluding carboxylic acids is 3. The first-order valence-corrected chi connectivity index (χ1v) is 7.73. The number of anilines is 2. The molecule has 0 aliphatic heterocycles. The Bertz CT molecular complexity index is 825. The third kappa shape index (κ3) is 6.38. The molecule has 2 N–H and O–H groups in total. The highest BCUT2D eigenvalue weighted by Crippen LogP contribution is 2.25. The fourth-order valence-electron chi connectivity index (χ4n) is 2.06. The lowest BCUT2D eigenvalue weighted by molar-refractivity contribution is -0.119. The molecule has 0 heterocycles. The van der Waals surface area contributed by atoms with Crippen molar-refractivity contribution in [3.63, 3.8) is 0 Å². The molecule has 0 radical (unpaired) electrons. The molecule has 2 rings (SSSR count). The summed E-state index contributed by atoms with van der Waals surface area (Å²) in [5.74, 6) is -1.93. The minimum absolute atomic E-state index is 0.0264. The Morgan fingerprint density at radius 2 is 1.67 bits per heavy atom. The van der Waals surface area contributed by atoms with Gasteiger partial charge in [-0.25, -0.2) is 4.79 Å². The molecule has 2 aromatic carbocycles. The summed E-state index contributed by atoms with van der Waals surface area (Å²) in [5, 5.41) is 4.88. The van der Waals surface area contributed by atoms with E-state index in [2.05, 4.69) is 15.4 Å². The topological polar surface area (TPSA) is 93.7 Å². The van der Waals surface area contributed by atoms with Crippen LogP contribution in [0.3, 0.4) is 0 Å². The number of halogens is 2. The van der Waals surface area contributed by atoms with Crippen LogP contribution in [-0.2, 0) is 14.3 Å². The highest BCUT2D eigenvalue weighted by Gasteiger charge is 2.14. The van der Waals surface area contributed by atoms with E-state index in [1.54, 1.807) is 0 Å². The van der Waals surface area contributed by atoms with E-state index in [1.165, 1.54) is 55.5 Å². The van der Waals surface area contributed by atoms with Crippen LogP contribution in [-0.4, -0.2) is 31.0 Å². The van der Waals surface area contributed by atoms with Crippen molar-refractivity contribution < 1.29 is 32.6 Å². The van der Waals surface area contributed by atoms with Crippen LogP contribution in [0.25, 0.3) is 0 Å². The Labute approximate surface area is 153 Å². The molecular weight excluding hydrogens is 362 g/mol. The lowest BCUT2D eigenvalue weighted by atomic mass is 10.2. The third-order valence-electron chi connectivity index (χ3n) is 3.15. The molecule has 0 saturated heterocycles. The number of carbonyl (C=O) groups is 3. The zero-order valence-electron chi connectivity index (χ0n) is 14.2. The van der Waals surface area contributed by atoms with Crippen molar-refractivity contribution in [3.05, 3.63) is 54.1 Å². The predicted molar refractivity (Wildman–Crippen MR) is 92.7 cm³/mol. The first kappa shape index (κ1) is 19.8. The lowest BCUT2D eigenvalue weighted by Gasteiger charge is -2.11. The second kappa shape index (κ2) is 9.27. The van der Waals surface area contributed by atoms with Crippen molar-refractivity contribution in [3.8, 4) is 5.75 Å². The highest BCUT2D eigenvalue weighted by atomic mass is 19.3. The Morgan fingerprint density at radius 1 is 1.00 bits per heavy atom. The van der Waals surface area contributed by atoms with Crippen LogP contribution >= 0.6 is 0 Å². The standard InChI is InChI=1S/C18H16F2N2O5/c1-11(23)21-13-8-6-12(7-9-13)17(25)26-10-16(24)22-14-4-2-3-5-15(14)27-18(19)20/h2-9,18H,10H2,1H3,(H,21,23)(H,22,24). The number of ether oxygens (including phenoxy) is 2. The quantitative estimate of drug-likeness (QED) is 0.723. The largest absolute Gasteiger partial charge is 0.452 e. The van der Waals surface area contributed by atoms with E-state index in [0.29, 0.717) is 5.69 Å². The first-order valence-electron chi connectivity index (χ1n) is 7.73. The van der Waals surface area contributed by atoms with Crippen molar-refractivity contribution in [2.45, 2.75) is 13.5 Å². The summed E-state index contributed by atoms with van der Waals surface area (Å²) < 4.78 is 33.9. The maximum atomic E-state index is 12.4. The SMILES string of the molecule is CC(=O)Nc1ccc(C(=O)OCC(=O)Nc2ccccc2OC(F)F)cc1. The summed E-state index contributed by atoms with van der Waals surface area (Å²) >= 11 is 0. The van der Waals surface area contributed by atoms with Crippen LogP contribution in [0, 0.1) is 0 Å². The van der Waals surface area contributed by atoms with Gasteiger partial charge in [0.15, 0.2) is 6.61 Å². The molecule has 7 nitrogen and oxygen atoms in total. The van der Waals surface area contributed by atoms with Crippen molar-refractivity contribution in [1.29, 1.82) is 0 Å². The van der Waals surface area contributed by atoms with Crippen LogP contribution < -0.4 is 15.4 Å². The van der Waals surface area contributed by atoms with E-state index < -0.39 is 25.1 Å². The van der Waals surface area contributed by atoms with Gasteiger partial charge in [0.05, 0.1) is 11.3 Å². The fourth-order valence-corrected chi connectivity index (χ4v) is 2.06. The molecular formula is C18H16F2N2O5. The molecule has 2 amide bonds. The average molecular weight is 378 g/mol. The number of hydrogen-bond donors (Lipinski definition) is 2. The summed E-state index contributed by atoms with van der Waals surface area (Å²) in [5.41, 5.74) is 0.712. The van der Waals surface area contributed by atoms with E-state index in [4.69, 9.17) is 4.74 Å². The second-order valence-electron chi connectivity index (χ2n) is 5.26. The van der Waals surface area contributed by atoms with Crippen molar-refractivity contribution in [1.82, 2.24) is 0 Å². The van der Waals surface area contributed by atoms with Crippen LogP contribution in [0.4, 0.5) is 20.2 Å². The normalized spacial score (nSPS) is 10.2. The Balaban J connectivity index is 1.90. The monoisotopic (exact) mass is 378 g/mol. The van der Waals surface area contributed by atoms with E-state index >= 15 is 0 Å². The molecule has 0 spiro atoms. The second-order valence-corrected chi connectivity index (χ2v) is 5.26. The number of rotatable bonds is 7. The fraction of sp³-hybridized carbons (Fsp3) is 0.167. The summed E-state index contributed by atoms with van der Waals surface area (Å²) in [6, 6.07) is 11.5. The van der Waals surface area contributed by atoms with Gasteiger partial charge in [-0.1, -0.05) is 12.1 Å². The molecule has 2 aromatic rings. The van der Waals surface area contributed by atoms with Gasteiger partial charge in [-0.15, -0.1) is 0 Å². The summed E-state index contributed by atoms with van der Waals surface area (Å²) in [6.45, 7) is -2.30. The van der Waals surface area contributed by atoms with Gasteiger partial charge < -0.3 is 20.1 Å². The molecule has 0 aromatic heterocycles. The molecule has 0 aliphatic carbocycles. The number of benzene rings is 2. The van der Waals surface area contributed by atoms with Gasteiger partial charge in [0.25, 0.3) is 5.91 Å². The zero-order chi connectivity index (χ0) is 19.8. The number of nitrogens with one attached hydrogen (secondary N) is 2. The van der Waals surface area contributed by atoms with Crippen LogP contribution in [0.5, 0.6) is 5.75 Å². The minimum atomic E-state index is -3.04. The van der Waals surface area contributed by atoms with Crippen LogP contribution in [0.2, 0.25) is 0 Å². The molecule has 9 heteroatoms. The molecule has 0 aliphatic rings. The minimum Gasteiger partial charge on any atom is -0.452 e. The molecule has 0 unspecified atom stereocenters. The molecule has 0 fully saturated rings. The van der Waals surface area contributed by atoms with Gasteiger partial charge in [0.1, 0.15) is 5.75 Å². The van der Waals surface area contributed by atoms with Gasteiger partial charge in [0.2, 0.25) is 5.91 Å². The van der Waals surface area contributed by atoms with Gasteiger partial charge in [-0.05, 0) is 36.4 Å². The third-order valence-corrected chi connectivity index (χ3v) is 3.15. The molecule has 142 valence electrons. The zero-order valence-corrected chi connectivity index (χ0v) is 14.2. The number of hydrogen-bond acceptors (Lipinski definition) is 5. The van der Waals surface area contributed by atoms with Crippen LogP contribution in [0.1, 0.15) is 17.3 Å². The van der Waals surface area contributed by atoms with Gasteiger partial charge in [-0.2, -0.15) is 8.78 Å². The summed E-state index contributed by atoms with van der Waals surface area (Å²) in [4.78, 5) is 34.8. The van der Waals surface area contributed by atoms with Gasteiger partial charge in [-0.3, -0.25) is 9.59 Å². The number of amides is 2. The molecule has 0 bridgehead atoms. The number of esters is 1. The maximum absolute atomic E-state index is 12.4. The lowest BCUT2D eigenvalue weighted by Crippen LogP contribution is -2.21. The van der Waals surface area contributed by atoms with Crippen molar-refractivity contribution >= 4 is 29.2 Å². The summed E-state index contributed by atoms with van der Waals surface area (Å²) in [7, 11) is 0. The van der Waals surface area contributed by atoms with E-state index in [0.717, 1.165) is 0 Å².